The maximum absolute atomic E-state index is 11.7. The summed E-state index contributed by atoms with van der Waals surface area (Å²) in [4.78, 5) is 11.7. The molecule has 0 saturated heterocycles. The van der Waals surface area contributed by atoms with Crippen molar-refractivity contribution in [1.29, 1.82) is 0 Å². The van der Waals surface area contributed by atoms with Crippen molar-refractivity contribution in [2.75, 3.05) is 0 Å². The fraction of sp³-hybridized carbons (Fsp3) is 0.125. The first-order valence-electron chi connectivity index (χ1n) is 6.55. The van der Waals surface area contributed by atoms with Gasteiger partial charge in [0.05, 0.1) is 17.8 Å². The molecule has 1 unspecified atom stereocenters. The zero-order valence-corrected chi connectivity index (χ0v) is 11.4. The van der Waals surface area contributed by atoms with E-state index < -0.39 is 11.9 Å². The van der Waals surface area contributed by atoms with E-state index in [9.17, 15) is 9.90 Å². The molecular formula is C16H14N2O3. The molecule has 1 aromatic heterocycles. The van der Waals surface area contributed by atoms with Crippen molar-refractivity contribution >= 4 is 11.7 Å². The molecule has 1 atom stereocenters. The van der Waals surface area contributed by atoms with Crippen LogP contribution in [0.1, 0.15) is 24.2 Å². The van der Waals surface area contributed by atoms with Gasteiger partial charge in [0.15, 0.2) is 5.76 Å². The largest absolute Gasteiger partial charge is 0.478 e. The van der Waals surface area contributed by atoms with Crippen molar-refractivity contribution in [2.24, 2.45) is 5.10 Å². The maximum atomic E-state index is 11.7. The van der Waals surface area contributed by atoms with Crippen molar-refractivity contribution < 1.29 is 14.3 Å². The van der Waals surface area contributed by atoms with Gasteiger partial charge in [-0.3, -0.25) is 5.43 Å². The molecule has 2 aromatic rings. The lowest BCUT2D eigenvalue weighted by Gasteiger charge is -2.25. The molecule has 0 fully saturated rings. The smallest absolute Gasteiger partial charge is 0.334 e. The third-order valence-corrected chi connectivity index (χ3v) is 3.45. The number of carboxylic acids is 1. The van der Waals surface area contributed by atoms with Gasteiger partial charge in [-0.2, -0.15) is 5.10 Å². The molecule has 0 radical (unpaired) electrons. The van der Waals surface area contributed by atoms with Gasteiger partial charge in [0.2, 0.25) is 0 Å². The lowest BCUT2D eigenvalue weighted by molar-refractivity contribution is -0.132. The second-order valence-electron chi connectivity index (χ2n) is 4.77. The summed E-state index contributed by atoms with van der Waals surface area (Å²) >= 11 is 0. The highest BCUT2D eigenvalue weighted by Gasteiger charge is 2.34. The van der Waals surface area contributed by atoms with Crippen molar-refractivity contribution in [2.45, 2.75) is 12.8 Å². The fourth-order valence-electron chi connectivity index (χ4n) is 2.50. The lowest BCUT2D eigenvalue weighted by atomic mass is 9.84. The van der Waals surface area contributed by atoms with Gasteiger partial charge in [0, 0.05) is 5.70 Å². The van der Waals surface area contributed by atoms with Gasteiger partial charge in [-0.05, 0) is 24.6 Å². The quantitative estimate of drug-likeness (QED) is 0.907. The predicted molar refractivity (Wildman–Crippen MR) is 77.9 cm³/mol. The first-order chi connectivity index (χ1) is 10.2. The normalized spacial score (nSPS) is 18.1. The topological polar surface area (TPSA) is 74.8 Å². The molecule has 2 heterocycles. The molecule has 5 nitrogen and oxygen atoms in total. The summed E-state index contributed by atoms with van der Waals surface area (Å²) in [5, 5.41) is 13.9. The maximum Gasteiger partial charge on any atom is 0.334 e. The van der Waals surface area contributed by atoms with Gasteiger partial charge in [0.25, 0.3) is 0 Å². The summed E-state index contributed by atoms with van der Waals surface area (Å²) in [6.07, 6.45) is 1.55. The summed E-state index contributed by atoms with van der Waals surface area (Å²) in [6, 6.07) is 13.0. The Kier molecular flexibility index (Phi) is 3.31. The molecule has 1 aromatic carbocycles. The van der Waals surface area contributed by atoms with Crippen LogP contribution in [0, 0.1) is 0 Å². The monoisotopic (exact) mass is 282 g/mol. The Morgan fingerprint density at radius 3 is 2.62 bits per heavy atom. The van der Waals surface area contributed by atoms with Crippen LogP contribution < -0.4 is 5.43 Å². The van der Waals surface area contributed by atoms with Crippen LogP contribution in [0.4, 0.5) is 0 Å². The van der Waals surface area contributed by atoms with Crippen LogP contribution in [0.15, 0.2) is 69.5 Å². The Labute approximate surface area is 121 Å². The molecule has 0 aliphatic carbocycles. The second-order valence-corrected chi connectivity index (χ2v) is 4.77. The van der Waals surface area contributed by atoms with Crippen LogP contribution in [0.5, 0.6) is 0 Å². The Bertz CT molecular complexity index is 715. The Hall–Kier alpha value is -2.82. The van der Waals surface area contributed by atoms with Crippen molar-refractivity contribution in [3.05, 3.63) is 71.3 Å². The number of carboxylic acid groups (broad SMARTS) is 1. The minimum absolute atomic E-state index is 0.280. The number of nitrogens with one attached hydrogen (secondary N) is 1. The SMILES string of the molecule is CC1=C(C(=O)O)C(c2ccccc2)C(c2ccco2)=NN1. The molecule has 3 rings (SSSR count). The van der Waals surface area contributed by atoms with E-state index in [0.29, 0.717) is 17.2 Å². The van der Waals surface area contributed by atoms with Gasteiger partial charge >= 0.3 is 5.97 Å². The van der Waals surface area contributed by atoms with Crippen molar-refractivity contribution in [1.82, 2.24) is 5.43 Å². The number of hydrogen-bond donors (Lipinski definition) is 2. The third-order valence-electron chi connectivity index (χ3n) is 3.45. The number of rotatable bonds is 3. The fourth-order valence-corrected chi connectivity index (χ4v) is 2.50. The molecule has 1 aliphatic rings. The van der Waals surface area contributed by atoms with E-state index in [1.165, 1.54) is 0 Å². The van der Waals surface area contributed by atoms with Gasteiger partial charge in [-0.1, -0.05) is 30.3 Å². The number of allylic oxidation sites excluding steroid dienone is 1. The molecule has 2 N–H and O–H groups in total. The van der Waals surface area contributed by atoms with E-state index in [-0.39, 0.29) is 5.57 Å². The van der Waals surface area contributed by atoms with E-state index in [1.807, 2.05) is 30.3 Å². The van der Waals surface area contributed by atoms with Gasteiger partial charge in [-0.15, -0.1) is 0 Å². The van der Waals surface area contributed by atoms with Crippen molar-refractivity contribution in [3.8, 4) is 0 Å². The minimum Gasteiger partial charge on any atom is -0.478 e. The number of carbonyl (C=O) groups is 1. The zero-order chi connectivity index (χ0) is 14.8. The molecule has 1 aliphatic heterocycles. The second kappa shape index (κ2) is 5.28. The van der Waals surface area contributed by atoms with E-state index in [1.54, 1.807) is 25.3 Å². The van der Waals surface area contributed by atoms with E-state index in [0.717, 1.165) is 5.56 Å². The number of benzene rings is 1. The standard InChI is InChI=1S/C16H14N2O3/c1-10-13(16(19)20)14(11-6-3-2-4-7-11)15(18-17-10)12-8-5-9-21-12/h2-9,14,17H,1H3,(H,19,20). The Morgan fingerprint density at radius 1 is 1.24 bits per heavy atom. The van der Waals surface area contributed by atoms with Crippen LogP contribution in [-0.2, 0) is 4.79 Å². The molecule has 0 saturated carbocycles. The van der Waals surface area contributed by atoms with E-state index in [4.69, 9.17) is 4.42 Å². The van der Waals surface area contributed by atoms with Crippen LogP contribution in [-0.4, -0.2) is 16.8 Å². The minimum atomic E-state index is -0.965. The van der Waals surface area contributed by atoms with E-state index >= 15 is 0 Å². The summed E-state index contributed by atoms with van der Waals surface area (Å²) in [5.41, 5.74) is 5.02. The highest BCUT2D eigenvalue weighted by Crippen LogP contribution is 2.33. The molecule has 0 bridgehead atoms. The first kappa shape index (κ1) is 13.2. The molecular weight excluding hydrogens is 268 g/mol. The Balaban J connectivity index is 2.16. The van der Waals surface area contributed by atoms with E-state index in [2.05, 4.69) is 10.5 Å². The summed E-state index contributed by atoms with van der Waals surface area (Å²) < 4.78 is 5.40. The highest BCUT2D eigenvalue weighted by atomic mass is 16.4. The van der Waals surface area contributed by atoms with Crippen molar-refractivity contribution in [3.63, 3.8) is 0 Å². The predicted octanol–water partition coefficient (Wildman–Crippen LogP) is 2.73. The van der Waals surface area contributed by atoms with Crippen LogP contribution in [0.3, 0.4) is 0 Å². The highest BCUT2D eigenvalue weighted by molar-refractivity contribution is 6.11. The zero-order valence-electron chi connectivity index (χ0n) is 11.4. The number of hydrazone groups is 1. The first-order valence-corrected chi connectivity index (χ1v) is 6.55. The molecule has 21 heavy (non-hydrogen) atoms. The van der Waals surface area contributed by atoms with Crippen LogP contribution >= 0.6 is 0 Å². The molecule has 5 heteroatoms. The number of furan rings is 1. The lowest BCUT2D eigenvalue weighted by Crippen LogP contribution is -2.30. The average Bonchev–Trinajstić information content (AvgIpc) is 3.01. The number of hydrogen-bond acceptors (Lipinski definition) is 4. The van der Waals surface area contributed by atoms with Gasteiger partial charge in [-0.25, -0.2) is 4.79 Å². The summed E-state index contributed by atoms with van der Waals surface area (Å²) in [6.45, 7) is 1.71. The molecule has 0 spiro atoms. The van der Waals surface area contributed by atoms with Gasteiger partial charge in [0.1, 0.15) is 5.71 Å². The molecule has 106 valence electrons. The van der Waals surface area contributed by atoms with Crippen LogP contribution in [0.2, 0.25) is 0 Å². The van der Waals surface area contributed by atoms with Crippen LogP contribution in [0.25, 0.3) is 0 Å². The van der Waals surface area contributed by atoms with Gasteiger partial charge < -0.3 is 9.52 Å². The number of aliphatic carboxylic acids is 1. The average molecular weight is 282 g/mol. The number of nitrogens with zero attached hydrogens (tertiary/aromatic N) is 1. The summed E-state index contributed by atoms with van der Waals surface area (Å²) in [7, 11) is 0. The third kappa shape index (κ3) is 2.33. The summed E-state index contributed by atoms with van der Waals surface area (Å²) in [5.74, 6) is -0.869. The molecule has 0 amide bonds. The Morgan fingerprint density at radius 2 is 2.00 bits per heavy atom.